The molecule has 1 saturated carbocycles. The second-order valence-corrected chi connectivity index (χ2v) is 10.2. The second-order valence-electron chi connectivity index (χ2n) is 10.2. The Morgan fingerprint density at radius 2 is 1.91 bits per heavy atom. The zero-order chi connectivity index (χ0) is 22.4. The van der Waals surface area contributed by atoms with Crippen LogP contribution >= 0.6 is 0 Å². The lowest BCUT2D eigenvalue weighted by atomic mass is 9.72. The van der Waals surface area contributed by atoms with Gasteiger partial charge in [0, 0.05) is 75.4 Å². The van der Waals surface area contributed by atoms with Crippen LogP contribution in [0, 0.1) is 12.8 Å². The van der Waals surface area contributed by atoms with Crippen molar-refractivity contribution in [3.63, 3.8) is 0 Å². The van der Waals surface area contributed by atoms with Crippen molar-refractivity contribution >= 4 is 5.95 Å². The fourth-order valence-electron chi connectivity index (χ4n) is 5.78. The van der Waals surface area contributed by atoms with Crippen LogP contribution in [-0.4, -0.2) is 53.8 Å². The van der Waals surface area contributed by atoms with E-state index >= 15 is 0 Å². The number of fused-ring (bicyclic) bond motifs is 2. The van der Waals surface area contributed by atoms with E-state index in [0.29, 0.717) is 0 Å². The predicted octanol–water partition coefficient (Wildman–Crippen LogP) is 3.16. The number of hydrogen-bond acceptors (Lipinski definition) is 6. The largest absolute Gasteiger partial charge is 0.341 e. The molecule has 5 heterocycles. The van der Waals surface area contributed by atoms with E-state index in [4.69, 9.17) is 4.98 Å². The third kappa shape index (κ3) is 3.94. The van der Waals surface area contributed by atoms with Gasteiger partial charge in [0.1, 0.15) is 5.82 Å². The number of hydrogen-bond donors (Lipinski definition) is 0. The first-order valence-corrected chi connectivity index (χ1v) is 12.5. The van der Waals surface area contributed by atoms with E-state index in [2.05, 4.69) is 49.5 Å². The summed E-state index contributed by atoms with van der Waals surface area (Å²) >= 11 is 0. The van der Waals surface area contributed by atoms with Crippen molar-refractivity contribution in [2.45, 2.75) is 71.1 Å². The molecular weight excluding hydrogens is 412 g/mol. The number of aryl methyl sites for hydroxylation is 2. The lowest BCUT2D eigenvalue weighted by Gasteiger charge is -2.47. The summed E-state index contributed by atoms with van der Waals surface area (Å²) in [6, 6.07) is 1.89. The molecule has 1 aliphatic carbocycles. The van der Waals surface area contributed by atoms with Crippen LogP contribution in [-0.2, 0) is 31.6 Å². The molecule has 33 heavy (non-hydrogen) atoms. The smallest absolute Gasteiger partial charge is 0.225 e. The summed E-state index contributed by atoms with van der Waals surface area (Å²) in [5, 5.41) is 4.51. The summed E-state index contributed by atoms with van der Waals surface area (Å²) in [6.07, 6.45) is 12.8. The summed E-state index contributed by atoms with van der Waals surface area (Å²) in [6.45, 7) is 11.3. The highest BCUT2D eigenvalue weighted by Crippen LogP contribution is 2.43. The van der Waals surface area contributed by atoms with Gasteiger partial charge in [-0.3, -0.25) is 9.58 Å². The van der Waals surface area contributed by atoms with Crippen molar-refractivity contribution in [1.82, 2.24) is 34.2 Å². The zero-order valence-electron chi connectivity index (χ0n) is 19.8. The molecule has 2 aliphatic heterocycles. The van der Waals surface area contributed by atoms with Gasteiger partial charge in [0.05, 0.1) is 17.6 Å². The van der Waals surface area contributed by atoms with E-state index in [1.807, 2.05) is 29.3 Å². The molecule has 8 nitrogen and oxygen atoms in total. The molecular formula is C25H34N8. The Morgan fingerprint density at radius 1 is 1.12 bits per heavy atom. The molecule has 0 atom stereocenters. The number of rotatable bonds is 6. The topological polar surface area (TPSA) is 67.9 Å². The lowest BCUT2D eigenvalue weighted by Crippen LogP contribution is -2.52. The molecule has 0 unspecified atom stereocenters. The van der Waals surface area contributed by atoms with Crippen LogP contribution in [0.5, 0.6) is 0 Å². The third-order valence-corrected chi connectivity index (χ3v) is 7.78. The van der Waals surface area contributed by atoms with Crippen molar-refractivity contribution in [3.8, 4) is 0 Å². The van der Waals surface area contributed by atoms with Gasteiger partial charge in [-0.15, -0.1) is 0 Å². The molecule has 0 amide bonds. The highest BCUT2D eigenvalue weighted by molar-refractivity contribution is 5.36. The SMILES string of the molecule is CCn1cc(CN2Cc3c(nc(C)n3CC3CC3)C3(CCN(c4ncccn4)CC3)C2)cn1. The summed E-state index contributed by atoms with van der Waals surface area (Å²) < 4.78 is 4.57. The normalized spacial score (nSPS) is 20.4. The van der Waals surface area contributed by atoms with Crippen LogP contribution < -0.4 is 4.90 Å². The second kappa shape index (κ2) is 8.24. The van der Waals surface area contributed by atoms with Crippen LogP contribution in [0.4, 0.5) is 5.95 Å². The quantitative estimate of drug-likeness (QED) is 0.579. The number of aromatic nitrogens is 6. The van der Waals surface area contributed by atoms with Gasteiger partial charge < -0.3 is 9.47 Å². The molecule has 1 spiro atoms. The average molecular weight is 447 g/mol. The minimum Gasteiger partial charge on any atom is -0.341 e. The van der Waals surface area contributed by atoms with E-state index in [-0.39, 0.29) is 5.41 Å². The van der Waals surface area contributed by atoms with Crippen molar-refractivity contribution in [2.75, 3.05) is 24.5 Å². The molecule has 2 fully saturated rings. The first-order chi connectivity index (χ1) is 16.1. The van der Waals surface area contributed by atoms with Crippen molar-refractivity contribution < 1.29 is 0 Å². The summed E-state index contributed by atoms with van der Waals surface area (Å²) in [5.41, 5.74) is 4.22. The number of anilines is 1. The molecule has 3 aliphatic rings. The first kappa shape index (κ1) is 20.8. The molecule has 174 valence electrons. The maximum Gasteiger partial charge on any atom is 0.225 e. The third-order valence-electron chi connectivity index (χ3n) is 7.78. The zero-order valence-corrected chi connectivity index (χ0v) is 19.8. The predicted molar refractivity (Wildman–Crippen MR) is 127 cm³/mol. The lowest BCUT2D eigenvalue weighted by molar-refractivity contribution is 0.138. The van der Waals surface area contributed by atoms with Crippen molar-refractivity contribution in [3.05, 3.63) is 53.6 Å². The standard InChI is InChI=1S/C25H34N8/c1-3-32-15-21(13-28-32)14-30-17-22-23(29-19(2)33(22)16-20-5-6-20)25(18-30)7-11-31(12-8-25)24-26-9-4-10-27-24/h4,9-10,13,15,20H,3,5-8,11-12,14,16-18H2,1-2H3. The van der Waals surface area contributed by atoms with E-state index in [1.165, 1.54) is 35.6 Å². The van der Waals surface area contributed by atoms with Crippen molar-refractivity contribution in [1.29, 1.82) is 0 Å². The van der Waals surface area contributed by atoms with Gasteiger partial charge in [0.15, 0.2) is 0 Å². The van der Waals surface area contributed by atoms with Gasteiger partial charge in [-0.25, -0.2) is 15.0 Å². The highest BCUT2D eigenvalue weighted by atomic mass is 15.3. The molecule has 0 bridgehead atoms. The van der Waals surface area contributed by atoms with Gasteiger partial charge in [-0.2, -0.15) is 5.10 Å². The number of imidazole rings is 1. The molecule has 6 rings (SSSR count). The fraction of sp³-hybridized carbons (Fsp3) is 0.600. The highest BCUT2D eigenvalue weighted by Gasteiger charge is 2.45. The molecule has 8 heteroatoms. The Kier molecular flexibility index (Phi) is 5.20. The van der Waals surface area contributed by atoms with Crippen LogP contribution in [0.25, 0.3) is 0 Å². The van der Waals surface area contributed by atoms with Crippen LogP contribution in [0.2, 0.25) is 0 Å². The fourth-order valence-corrected chi connectivity index (χ4v) is 5.78. The van der Waals surface area contributed by atoms with E-state index in [9.17, 15) is 0 Å². The molecule has 3 aromatic rings. The van der Waals surface area contributed by atoms with Crippen LogP contribution in [0.15, 0.2) is 30.9 Å². The summed E-state index contributed by atoms with van der Waals surface area (Å²) in [4.78, 5) is 19.2. The van der Waals surface area contributed by atoms with Gasteiger partial charge in [0.2, 0.25) is 5.95 Å². The van der Waals surface area contributed by atoms with Gasteiger partial charge in [-0.05, 0) is 51.5 Å². The maximum atomic E-state index is 5.24. The molecule has 3 aromatic heterocycles. The molecule has 0 N–H and O–H groups in total. The Bertz CT molecular complexity index is 1100. The van der Waals surface area contributed by atoms with Gasteiger partial charge in [0.25, 0.3) is 0 Å². The number of nitrogens with zero attached hydrogens (tertiary/aromatic N) is 8. The van der Waals surface area contributed by atoms with Crippen LogP contribution in [0.1, 0.15) is 55.4 Å². The Labute approximate surface area is 195 Å². The Balaban J connectivity index is 1.30. The molecule has 0 radical (unpaired) electrons. The monoisotopic (exact) mass is 446 g/mol. The van der Waals surface area contributed by atoms with Crippen LogP contribution in [0.3, 0.4) is 0 Å². The minimum atomic E-state index is 0.0964. The van der Waals surface area contributed by atoms with Gasteiger partial charge in [-0.1, -0.05) is 0 Å². The Hall–Kier alpha value is -2.74. The summed E-state index contributed by atoms with van der Waals surface area (Å²) in [7, 11) is 0. The minimum absolute atomic E-state index is 0.0964. The molecule has 0 aromatic carbocycles. The maximum absolute atomic E-state index is 5.24. The van der Waals surface area contributed by atoms with E-state index in [0.717, 1.165) is 70.5 Å². The first-order valence-electron chi connectivity index (χ1n) is 12.5. The molecule has 1 saturated heterocycles. The van der Waals surface area contributed by atoms with Gasteiger partial charge >= 0.3 is 0 Å². The summed E-state index contributed by atoms with van der Waals surface area (Å²) in [5.74, 6) is 2.89. The van der Waals surface area contributed by atoms with E-state index < -0.39 is 0 Å². The van der Waals surface area contributed by atoms with Crippen molar-refractivity contribution in [2.24, 2.45) is 5.92 Å². The average Bonchev–Trinajstić information content (AvgIpc) is 3.46. The Morgan fingerprint density at radius 3 is 2.61 bits per heavy atom. The number of piperidine rings is 1. The van der Waals surface area contributed by atoms with E-state index in [1.54, 1.807) is 0 Å².